The van der Waals surface area contributed by atoms with Crippen LogP contribution in [-0.4, -0.2) is 56.2 Å². The lowest BCUT2D eigenvalue weighted by atomic mass is 9.96. The third-order valence-corrected chi connectivity index (χ3v) is 7.62. The third kappa shape index (κ3) is 4.61. The lowest BCUT2D eigenvalue weighted by Gasteiger charge is -2.32. The largest absolute Gasteiger partial charge is 0.466 e. The van der Waals surface area contributed by atoms with Crippen molar-refractivity contribution in [1.29, 1.82) is 0 Å². The van der Waals surface area contributed by atoms with Crippen LogP contribution < -0.4 is 10.5 Å². The van der Waals surface area contributed by atoms with Gasteiger partial charge in [0, 0.05) is 25.3 Å². The number of thiocarbonyl (C=S) groups is 1. The number of anilines is 1. The van der Waals surface area contributed by atoms with E-state index in [9.17, 15) is 14.4 Å². The number of esters is 1. The Labute approximate surface area is 208 Å². The average molecular weight is 501 g/mol. The minimum Gasteiger partial charge on any atom is -0.466 e. The zero-order chi connectivity index (χ0) is 24.4. The maximum atomic E-state index is 13.5. The van der Waals surface area contributed by atoms with Gasteiger partial charge in [-0.05, 0) is 51.3 Å². The first kappa shape index (κ1) is 24.4. The molecular formula is C24H28N4O4S2. The molecule has 34 heavy (non-hydrogen) atoms. The first-order chi connectivity index (χ1) is 16.3. The fourth-order valence-electron chi connectivity index (χ4n) is 4.22. The summed E-state index contributed by atoms with van der Waals surface area (Å²) in [6.07, 6.45) is 5.31. The molecule has 2 aliphatic rings. The molecule has 4 rings (SSSR count). The van der Waals surface area contributed by atoms with Crippen LogP contribution in [0.3, 0.4) is 0 Å². The number of hydrogen-bond acceptors (Lipinski definition) is 8. The van der Waals surface area contributed by atoms with Gasteiger partial charge in [0.25, 0.3) is 11.5 Å². The minimum atomic E-state index is -0.248. The molecule has 0 radical (unpaired) electrons. The van der Waals surface area contributed by atoms with Gasteiger partial charge < -0.3 is 9.64 Å². The fraction of sp³-hybridized carbons (Fsp3) is 0.458. The molecule has 8 nitrogen and oxygen atoms in total. The summed E-state index contributed by atoms with van der Waals surface area (Å²) in [5.74, 6) is -0.00295. The Morgan fingerprint density at radius 2 is 2.03 bits per heavy atom. The highest BCUT2D eigenvalue weighted by Gasteiger charge is 2.36. The van der Waals surface area contributed by atoms with Crippen LogP contribution in [0.15, 0.2) is 34.1 Å². The number of amides is 1. The number of pyridine rings is 1. The quantitative estimate of drug-likeness (QED) is 0.339. The van der Waals surface area contributed by atoms with Crippen LogP contribution in [0.25, 0.3) is 11.7 Å². The Hall–Kier alpha value is -2.72. The summed E-state index contributed by atoms with van der Waals surface area (Å²) in [6.45, 7) is 7.25. The molecular weight excluding hydrogens is 472 g/mol. The van der Waals surface area contributed by atoms with Crippen molar-refractivity contribution in [2.45, 2.75) is 46.1 Å². The smallest absolute Gasteiger partial charge is 0.309 e. The molecule has 0 bridgehead atoms. The first-order valence-corrected chi connectivity index (χ1v) is 12.8. The third-order valence-electron chi connectivity index (χ3n) is 6.29. The highest BCUT2D eigenvalue weighted by Crippen LogP contribution is 2.35. The van der Waals surface area contributed by atoms with E-state index in [-0.39, 0.29) is 29.4 Å². The lowest BCUT2D eigenvalue weighted by molar-refractivity contribution is -0.148. The second kappa shape index (κ2) is 10.3. The Balaban J connectivity index is 1.73. The second-order valence-electron chi connectivity index (χ2n) is 8.41. The molecule has 1 atom stereocenters. The number of ether oxygens (including phenoxy) is 1. The van der Waals surface area contributed by atoms with Crippen LogP contribution in [0.1, 0.15) is 45.6 Å². The van der Waals surface area contributed by atoms with Gasteiger partial charge >= 0.3 is 5.97 Å². The standard InChI is InChI=1S/C24H28N4O4S2/c1-4-15(3)28-22(30)18(34-24(28)33)14-17-20(25-19-8-6-7-11-27(19)21(17)29)26-12-9-16(10-13-26)23(31)32-5-2/h6-8,11,14-16H,4-5,9-10,12-13H2,1-3H3. The van der Waals surface area contributed by atoms with Crippen LogP contribution >= 0.6 is 24.0 Å². The van der Waals surface area contributed by atoms with E-state index < -0.39 is 0 Å². The Bertz CT molecular complexity index is 1220. The van der Waals surface area contributed by atoms with Gasteiger partial charge in [-0.3, -0.25) is 23.7 Å². The fourth-order valence-corrected chi connectivity index (χ4v) is 5.66. The molecule has 1 unspecified atom stereocenters. The average Bonchev–Trinajstić information content (AvgIpc) is 3.13. The molecule has 0 spiro atoms. The second-order valence-corrected chi connectivity index (χ2v) is 10.1. The van der Waals surface area contributed by atoms with Gasteiger partial charge in [-0.1, -0.05) is 37.0 Å². The molecule has 2 aromatic rings. The molecule has 0 aromatic carbocycles. The van der Waals surface area contributed by atoms with Crippen LogP contribution in [0.4, 0.5) is 5.82 Å². The SMILES string of the molecule is CCOC(=O)C1CCN(c2nc3ccccn3c(=O)c2C=C2SC(=S)N(C(C)CC)C2=O)CC1. The van der Waals surface area contributed by atoms with Gasteiger partial charge in [-0.25, -0.2) is 4.98 Å². The summed E-state index contributed by atoms with van der Waals surface area (Å²) in [7, 11) is 0. The van der Waals surface area contributed by atoms with E-state index in [0.717, 1.165) is 6.42 Å². The van der Waals surface area contributed by atoms with E-state index in [2.05, 4.69) is 0 Å². The van der Waals surface area contributed by atoms with Crippen LogP contribution in [0.5, 0.6) is 0 Å². The van der Waals surface area contributed by atoms with Gasteiger partial charge in [-0.2, -0.15) is 0 Å². The number of piperidine rings is 1. The number of aromatic nitrogens is 2. The number of rotatable bonds is 6. The summed E-state index contributed by atoms with van der Waals surface area (Å²) in [5, 5.41) is 0. The molecule has 2 saturated heterocycles. The van der Waals surface area contributed by atoms with E-state index in [1.165, 1.54) is 16.2 Å². The van der Waals surface area contributed by atoms with Gasteiger partial charge in [0.15, 0.2) is 0 Å². The van der Waals surface area contributed by atoms with E-state index >= 15 is 0 Å². The maximum absolute atomic E-state index is 13.5. The van der Waals surface area contributed by atoms with Crippen molar-refractivity contribution in [2.24, 2.45) is 5.92 Å². The molecule has 10 heteroatoms. The van der Waals surface area contributed by atoms with Crippen LogP contribution in [0.2, 0.25) is 0 Å². The van der Waals surface area contributed by atoms with Crippen molar-refractivity contribution >= 4 is 57.7 Å². The maximum Gasteiger partial charge on any atom is 0.309 e. The molecule has 180 valence electrons. The summed E-state index contributed by atoms with van der Waals surface area (Å²) >= 11 is 6.67. The first-order valence-electron chi connectivity index (χ1n) is 11.6. The van der Waals surface area contributed by atoms with Crippen LogP contribution in [-0.2, 0) is 14.3 Å². The van der Waals surface area contributed by atoms with Crippen molar-refractivity contribution in [3.63, 3.8) is 0 Å². The van der Waals surface area contributed by atoms with E-state index in [4.69, 9.17) is 21.9 Å². The van der Waals surface area contributed by atoms with Gasteiger partial charge in [0.1, 0.15) is 15.8 Å². The molecule has 0 aliphatic carbocycles. The number of fused-ring (bicyclic) bond motifs is 1. The number of carbonyl (C=O) groups excluding carboxylic acids is 2. The predicted octanol–water partition coefficient (Wildman–Crippen LogP) is 3.47. The topological polar surface area (TPSA) is 84.2 Å². The Morgan fingerprint density at radius 3 is 2.71 bits per heavy atom. The molecule has 2 fully saturated rings. The summed E-state index contributed by atoms with van der Waals surface area (Å²) in [4.78, 5) is 47.6. The highest BCUT2D eigenvalue weighted by molar-refractivity contribution is 8.26. The summed E-state index contributed by atoms with van der Waals surface area (Å²) in [6, 6.07) is 5.36. The van der Waals surface area contributed by atoms with Crippen molar-refractivity contribution in [3.05, 3.63) is 45.2 Å². The van der Waals surface area contributed by atoms with Gasteiger partial charge in [-0.15, -0.1) is 0 Å². The van der Waals surface area contributed by atoms with Gasteiger partial charge in [0.2, 0.25) is 0 Å². The number of hydrogen-bond donors (Lipinski definition) is 0. The molecule has 2 aromatic heterocycles. The molecule has 0 N–H and O–H groups in total. The van der Waals surface area contributed by atoms with Crippen molar-refractivity contribution in [2.75, 3.05) is 24.6 Å². The highest BCUT2D eigenvalue weighted by atomic mass is 32.2. The van der Waals surface area contributed by atoms with Gasteiger partial charge in [0.05, 0.1) is 23.0 Å². The minimum absolute atomic E-state index is 0.0180. The molecule has 1 amide bonds. The zero-order valence-corrected chi connectivity index (χ0v) is 21.2. The summed E-state index contributed by atoms with van der Waals surface area (Å²) < 4.78 is 7.16. The summed E-state index contributed by atoms with van der Waals surface area (Å²) in [5.41, 5.74) is 0.629. The van der Waals surface area contributed by atoms with Crippen molar-refractivity contribution in [1.82, 2.24) is 14.3 Å². The predicted molar refractivity (Wildman–Crippen MR) is 138 cm³/mol. The normalized spacial score (nSPS) is 19.3. The van der Waals surface area contributed by atoms with Crippen molar-refractivity contribution < 1.29 is 14.3 Å². The van der Waals surface area contributed by atoms with Crippen LogP contribution in [0, 0.1) is 5.92 Å². The number of nitrogens with zero attached hydrogens (tertiary/aromatic N) is 4. The Kier molecular flexibility index (Phi) is 7.37. The van der Waals surface area contributed by atoms with E-state index in [0.29, 0.717) is 58.8 Å². The van der Waals surface area contributed by atoms with Crippen molar-refractivity contribution in [3.8, 4) is 0 Å². The number of thioether (sulfide) groups is 1. The van der Waals surface area contributed by atoms with E-state index in [1.807, 2.05) is 24.8 Å². The lowest BCUT2D eigenvalue weighted by Crippen LogP contribution is -2.39. The molecule has 2 aliphatic heterocycles. The molecule has 4 heterocycles. The molecule has 0 saturated carbocycles. The number of carbonyl (C=O) groups is 2. The van der Waals surface area contributed by atoms with E-state index in [1.54, 1.807) is 36.2 Å². The monoisotopic (exact) mass is 500 g/mol. The Morgan fingerprint density at radius 1 is 1.29 bits per heavy atom. The zero-order valence-electron chi connectivity index (χ0n) is 19.5.